The summed E-state index contributed by atoms with van der Waals surface area (Å²) in [6.45, 7) is 1.48. The van der Waals surface area contributed by atoms with E-state index in [1.165, 1.54) is 18.2 Å². The van der Waals surface area contributed by atoms with Gasteiger partial charge in [0.1, 0.15) is 0 Å². The van der Waals surface area contributed by atoms with Crippen molar-refractivity contribution in [3.63, 3.8) is 0 Å². The van der Waals surface area contributed by atoms with Gasteiger partial charge in [-0.05, 0) is 42.8 Å². The molecule has 0 fully saturated rings. The molecule has 0 unspecified atom stereocenters. The Kier molecular flexibility index (Phi) is 7.12. The third kappa shape index (κ3) is 5.03. The first-order valence-electron chi connectivity index (χ1n) is 10.2. The van der Waals surface area contributed by atoms with E-state index in [2.05, 4.69) is 0 Å². The summed E-state index contributed by atoms with van der Waals surface area (Å²) in [6.07, 6.45) is -12.2. The van der Waals surface area contributed by atoms with Gasteiger partial charge < -0.3 is 5.11 Å². The van der Waals surface area contributed by atoms with Crippen molar-refractivity contribution in [3.8, 4) is 6.07 Å². The molecular weight excluding hydrogens is 510 g/mol. The van der Waals surface area contributed by atoms with Crippen LogP contribution in [0.5, 0.6) is 0 Å². The number of sulfonamides is 1. The number of anilines is 1. The molecule has 3 rings (SSSR count). The Morgan fingerprint density at radius 3 is 1.94 bits per heavy atom. The minimum absolute atomic E-state index is 0.0297. The van der Waals surface area contributed by atoms with Crippen molar-refractivity contribution in [2.45, 2.75) is 36.3 Å². The summed E-state index contributed by atoms with van der Waals surface area (Å²) in [7, 11) is -4.42. The normalized spacial score (nSPS) is 12.8. The molecule has 0 saturated heterocycles. The molecule has 190 valence electrons. The highest BCUT2D eigenvalue weighted by Crippen LogP contribution is 2.50. The summed E-state index contributed by atoms with van der Waals surface area (Å²) in [5, 5.41) is 18.7. The van der Waals surface area contributed by atoms with Crippen molar-refractivity contribution in [2.75, 3.05) is 4.31 Å². The number of benzene rings is 3. The minimum atomic E-state index is -6.09. The van der Waals surface area contributed by atoms with Gasteiger partial charge in [-0.3, -0.25) is 4.31 Å². The summed E-state index contributed by atoms with van der Waals surface area (Å²) in [4.78, 5) is -0.306. The average Bonchev–Trinajstić information content (AvgIpc) is 2.81. The highest BCUT2D eigenvalue weighted by Gasteiger charge is 2.71. The van der Waals surface area contributed by atoms with Gasteiger partial charge in [0.15, 0.2) is 0 Å². The number of rotatable bonds is 6. The predicted octanol–water partition coefficient (Wildman–Crippen LogP) is 5.57. The monoisotopic (exact) mass is 528 g/mol. The van der Waals surface area contributed by atoms with Gasteiger partial charge in [0, 0.05) is 5.56 Å². The van der Waals surface area contributed by atoms with Crippen LogP contribution in [0.1, 0.15) is 22.3 Å². The van der Waals surface area contributed by atoms with E-state index in [0.717, 1.165) is 28.1 Å². The Balaban J connectivity index is 2.14. The molecule has 0 heterocycles. The molecule has 12 heteroatoms. The fraction of sp³-hybridized carbons (Fsp3) is 0.208. The molecule has 3 aromatic carbocycles. The SMILES string of the molecule is Cc1ccc(CN(c2ccc(C(O)(C(F)(F)F)C(F)(F)F)cc2)S(=O)(=O)c2cccc(C#N)c2)cc1. The first kappa shape index (κ1) is 27.0. The Bertz CT molecular complexity index is 1360. The Morgan fingerprint density at radius 1 is 0.889 bits per heavy atom. The molecule has 0 amide bonds. The van der Waals surface area contributed by atoms with E-state index in [0.29, 0.717) is 17.7 Å². The van der Waals surface area contributed by atoms with Gasteiger partial charge in [-0.2, -0.15) is 31.6 Å². The van der Waals surface area contributed by atoms with Gasteiger partial charge in [-0.15, -0.1) is 0 Å². The molecule has 0 atom stereocenters. The zero-order valence-electron chi connectivity index (χ0n) is 18.5. The molecule has 1 N–H and O–H groups in total. The molecule has 0 spiro atoms. The fourth-order valence-electron chi connectivity index (χ4n) is 3.38. The lowest BCUT2D eigenvalue weighted by Crippen LogP contribution is -2.53. The maximum Gasteiger partial charge on any atom is 0.430 e. The summed E-state index contributed by atoms with van der Waals surface area (Å²) in [5.74, 6) is 0. The Morgan fingerprint density at radius 2 is 1.44 bits per heavy atom. The van der Waals surface area contributed by atoms with Crippen molar-refractivity contribution in [1.29, 1.82) is 5.26 Å². The zero-order chi connectivity index (χ0) is 26.9. The average molecular weight is 528 g/mol. The second kappa shape index (κ2) is 9.48. The van der Waals surface area contributed by atoms with E-state index in [-0.39, 0.29) is 22.7 Å². The molecular formula is C24H18F6N2O3S. The molecule has 0 aliphatic heterocycles. The van der Waals surface area contributed by atoms with Crippen LogP contribution in [0.4, 0.5) is 32.0 Å². The van der Waals surface area contributed by atoms with Crippen LogP contribution in [0, 0.1) is 18.3 Å². The minimum Gasteiger partial charge on any atom is -0.369 e. The quantitative estimate of drug-likeness (QED) is 0.424. The first-order valence-corrected chi connectivity index (χ1v) is 11.6. The van der Waals surface area contributed by atoms with E-state index in [4.69, 9.17) is 5.26 Å². The second-order valence-corrected chi connectivity index (χ2v) is 9.75. The van der Waals surface area contributed by atoms with Crippen LogP contribution in [0.3, 0.4) is 0 Å². The highest BCUT2D eigenvalue weighted by molar-refractivity contribution is 7.92. The maximum absolute atomic E-state index is 13.5. The van der Waals surface area contributed by atoms with Gasteiger partial charge in [-0.1, -0.05) is 48.0 Å². The van der Waals surface area contributed by atoms with Crippen LogP contribution in [-0.2, 0) is 22.2 Å². The molecule has 36 heavy (non-hydrogen) atoms. The number of nitriles is 1. The van der Waals surface area contributed by atoms with E-state index in [1.54, 1.807) is 37.3 Å². The second-order valence-electron chi connectivity index (χ2n) is 7.89. The smallest absolute Gasteiger partial charge is 0.369 e. The van der Waals surface area contributed by atoms with Crippen LogP contribution < -0.4 is 4.31 Å². The number of hydrogen-bond donors (Lipinski definition) is 1. The number of alkyl halides is 6. The zero-order valence-corrected chi connectivity index (χ0v) is 19.3. The molecule has 0 aliphatic rings. The molecule has 0 bridgehead atoms. The van der Waals surface area contributed by atoms with Gasteiger partial charge in [0.25, 0.3) is 15.6 Å². The van der Waals surface area contributed by atoms with Gasteiger partial charge in [0.05, 0.1) is 28.8 Å². The lowest BCUT2D eigenvalue weighted by molar-refractivity contribution is -0.376. The summed E-state index contributed by atoms with van der Waals surface area (Å²) < 4.78 is 107. The first-order chi connectivity index (χ1) is 16.6. The van der Waals surface area contributed by atoms with Crippen molar-refractivity contribution < 1.29 is 39.9 Å². The van der Waals surface area contributed by atoms with Crippen LogP contribution >= 0.6 is 0 Å². The number of nitrogens with zero attached hydrogens (tertiary/aromatic N) is 2. The van der Waals surface area contributed by atoms with E-state index >= 15 is 0 Å². The molecule has 5 nitrogen and oxygen atoms in total. The Hall–Kier alpha value is -3.56. The molecule has 0 aromatic heterocycles. The maximum atomic E-state index is 13.5. The van der Waals surface area contributed by atoms with Crippen LogP contribution in [0.2, 0.25) is 0 Å². The molecule has 0 saturated carbocycles. The van der Waals surface area contributed by atoms with Gasteiger partial charge in [0.2, 0.25) is 0 Å². The van der Waals surface area contributed by atoms with Crippen LogP contribution in [0.15, 0.2) is 77.7 Å². The number of hydrogen-bond acceptors (Lipinski definition) is 4. The number of aryl methyl sites for hydroxylation is 1. The van der Waals surface area contributed by atoms with E-state index < -0.39 is 33.5 Å². The van der Waals surface area contributed by atoms with Gasteiger partial charge in [-0.25, -0.2) is 8.42 Å². The fourth-order valence-corrected chi connectivity index (χ4v) is 4.88. The molecule has 3 aromatic rings. The van der Waals surface area contributed by atoms with E-state index in [9.17, 15) is 39.9 Å². The third-order valence-corrected chi connectivity index (χ3v) is 7.16. The molecule has 0 radical (unpaired) electrons. The topological polar surface area (TPSA) is 81.4 Å². The number of halogens is 6. The largest absolute Gasteiger partial charge is 0.430 e. The summed E-state index contributed by atoms with van der Waals surface area (Å²) >= 11 is 0. The van der Waals surface area contributed by atoms with E-state index in [1.807, 2.05) is 0 Å². The molecule has 0 aliphatic carbocycles. The van der Waals surface area contributed by atoms with Crippen LogP contribution in [0.25, 0.3) is 0 Å². The lowest BCUT2D eigenvalue weighted by atomic mass is 9.92. The van der Waals surface area contributed by atoms with Crippen molar-refractivity contribution in [1.82, 2.24) is 0 Å². The van der Waals surface area contributed by atoms with Crippen molar-refractivity contribution in [3.05, 3.63) is 95.1 Å². The number of aliphatic hydroxyl groups is 1. The van der Waals surface area contributed by atoms with Gasteiger partial charge >= 0.3 is 12.4 Å². The Labute approximate surface area is 202 Å². The summed E-state index contributed by atoms with van der Waals surface area (Å²) in [6, 6.07) is 15.7. The van der Waals surface area contributed by atoms with Crippen molar-refractivity contribution >= 4 is 15.7 Å². The van der Waals surface area contributed by atoms with Crippen molar-refractivity contribution in [2.24, 2.45) is 0 Å². The predicted molar refractivity (Wildman–Crippen MR) is 118 cm³/mol. The summed E-state index contributed by atoms with van der Waals surface area (Å²) in [5.41, 5.74) is -5.55. The lowest BCUT2D eigenvalue weighted by Gasteiger charge is -2.33. The van der Waals surface area contributed by atoms with Crippen LogP contribution in [-0.4, -0.2) is 25.9 Å². The standard InChI is InChI=1S/C24H18F6N2O3S/c1-16-5-7-17(8-6-16)15-32(36(34,35)21-4-2-3-18(13-21)14-31)20-11-9-19(10-12-20)22(33,23(25,26)27)24(28,29)30/h2-13,33H,15H2,1H3. The third-order valence-electron chi connectivity index (χ3n) is 5.39. The highest BCUT2D eigenvalue weighted by atomic mass is 32.2.